The Morgan fingerprint density at radius 1 is 1.19 bits per heavy atom. The van der Waals surface area contributed by atoms with Crippen LogP contribution in [0.2, 0.25) is 0 Å². The highest BCUT2D eigenvalue weighted by atomic mass is 16.5. The first-order valence-corrected chi connectivity index (χ1v) is 8.94. The molecule has 3 rings (SSSR count). The molecule has 1 aliphatic rings. The number of methoxy groups -OCH3 is 1. The number of hydrogen-bond donors (Lipinski definition) is 2. The summed E-state index contributed by atoms with van der Waals surface area (Å²) in [6, 6.07) is 9.14. The molecule has 0 saturated carbocycles. The van der Waals surface area contributed by atoms with Gasteiger partial charge in [0.2, 0.25) is 0 Å². The van der Waals surface area contributed by atoms with Crippen molar-refractivity contribution in [1.29, 1.82) is 0 Å². The summed E-state index contributed by atoms with van der Waals surface area (Å²) in [6.45, 7) is 0.635. The van der Waals surface area contributed by atoms with Crippen molar-refractivity contribution in [3.63, 3.8) is 0 Å². The minimum atomic E-state index is -0.179. The second-order valence-corrected chi connectivity index (χ2v) is 6.26. The van der Waals surface area contributed by atoms with E-state index in [4.69, 9.17) is 4.74 Å². The molecule has 0 bridgehead atoms. The normalized spacial score (nSPS) is 13.7. The lowest BCUT2D eigenvalue weighted by atomic mass is 9.97. The van der Waals surface area contributed by atoms with Crippen molar-refractivity contribution >= 4 is 17.4 Å². The number of rotatable bonds is 7. The molecule has 0 radical (unpaired) electrons. The number of ether oxygens (including phenoxy) is 1. The molecule has 0 spiro atoms. The van der Waals surface area contributed by atoms with Crippen molar-refractivity contribution in [3.05, 3.63) is 54.0 Å². The van der Waals surface area contributed by atoms with Crippen LogP contribution in [-0.2, 0) is 0 Å². The Bertz CT molecular complexity index is 772. The number of carbonyl (C=O) groups is 1. The van der Waals surface area contributed by atoms with Gasteiger partial charge in [0.05, 0.1) is 7.11 Å². The Morgan fingerprint density at radius 3 is 2.77 bits per heavy atom. The summed E-state index contributed by atoms with van der Waals surface area (Å²) in [4.78, 5) is 20.6. The molecule has 1 heterocycles. The third-order valence-electron chi connectivity index (χ3n) is 4.38. The number of amides is 1. The zero-order valence-electron chi connectivity index (χ0n) is 15.0. The van der Waals surface area contributed by atoms with Crippen LogP contribution in [0.15, 0.2) is 48.3 Å². The monoisotopic (exact) mass is 352 g/mol. The Morgan fingerprint density at radius 2 is 2.04 bits per heavy atom. The molecule has 1 aromatic carbocycles. The van der Waals surface area contributed by atoms with Crippen molar-refractivity contribution in [2.24, 2.45) is 0 Å². The van der Waals surface area contributed by atoms with Crippen molar-refractivity contribution in [2.45, 2.75) is 32.1 Å². The molecule has 0 atom stereocenters. The van der Waals surface area contributed by atoms with E-state index < -0.39 is 0 Å². The zero-order chi connectivity index (χ0) is 18.2. The predicted octanol–water partition coefficient (Wildman–Crippen LogP) is 3.85. The summed E-state index contributed by atoms with van der Waals surface area (Å²) < 4.78 is 5.14. The highest BCUT2D eigenvalue weighted by molar-refractivity contribution is 5.92. The standard InChI is InChI=1S/C20H24N4O2/c1-26-17-9-7-16(8-10-17)24-19-13-18(22-14-23-19)20(25)21-12-11-15-5-3-2-4-6-15/h5,7-10,13-14H,2-4,6,11-12H2,1H3,(H,21,25)(H,22,23,24). The van der Waals surface area contributed by atoms with Crippen LogP contribution < -0.4 is 15.4 Å². The lowest BCUT2D eigenvalue weighted by Crippen LogP contribution is -2.26. The van der Waals surface area contributed by atoms with Crippen LogP contribution in [0.1, 0.15) is 42.6 Å². The number of benzene rings is 1. The van der Waals surface area contributed by atoms with Crippen LogP contribution in [0.25, 0.3) is 0 Å². The average molecular weight is 352 g/mol. The summed E-state index contributed by atoms with van der Waals surface area (Å²) in [5.41, 5.74) is 2.66. The molecule has 0 fully saturated rings. The van der Waals surface area contributed by atoms with Crippen LogP contribution >= 0.6 is 0 Å². The maximum Gasteiger partial charge on any atom is 0.270 e. The topological polar surface area (TPSA) is 76.1 Å². The zero-order valence-corrected chi connectivity index (χ0v) is 15.0. The predicted molar refractivity (Wildman–Crippen MR) is 102 cm³/mol. The smallest absolute Gasteiger partial charge is 0.270 e. The van der Waals surface area contributed by atoms with E-state index in [0.717, 1.165) is 30.7 Å². The minimum absolute atomic E-state index is 0.179. The van der Waals surface area contributed by atoms with E-state index in [0.29, 0.717) is 18.1 Å². The molecule has 1 aliphatic carbocycles. The molecule has 0 aliphatic heterocycles. The van der Waals surface area contributed by atoms with E-state index in [2.05, 4.69) is 26.7 Å². The van der Waals surface area contributed by atoms with E-state index in [9.17, 15) is 4.79 Å². The molecular weight excluding hydrogens is 328 g/mol. The van der Waals surface area contributed by atoms with Gasteiger partial charge in [0.15, 0.2) is 0 Å². The first-order valence-electron chi connectivity index (χ1n) is 8.94. The molecule has 26 heavy (non-hydrogen) atoms. The van der Waals surface area contributed by atoms with Crippen molar-refractivity contribution in [2.75, 3.05) is 19.0 Å². The van der Waals surface area contributed by atoms with E-state index in [1.807, 2.05) is 24.3 Å². The summed E-state index contributed by atoms with van der Waals surface area (Å²) in [5.74, 6) is 1.18. The second kappa shape index (κ2) is 8.99. The van der Waals surface area contributed by atoms with Gasteiger partial charge in [0.1, 0.15) is 23.6 Å². The highest BCUT2D eigenvalue weighted by Crippen LogP contribution is 2.20. The molecule has 1 aromatic heterocycles. The maximum absolute atomic E-state index is 12.3. The largest absolute Gasteiger partial charge is 0.497 e. The summed E-state index contributed by atoms with van der Waals surface area (Å²) in [6.07, 6.45) is 9.46. The average Bonchev–Trinajstić information content (AvgIpc) is 2.69. The molecule has 1 amide bonds. The lowest BCUT2D eigenvalue weighted by molar-refractivity contribution is 0.0949. The fourth-order valence-corrected chi connectivity index (χ4v) is 2.93. The molecule has 2 N–H and O–H groups in total. The Kier molecular flexibility index (Phi) is 6.19. The van der Waals surface area contributed by atoms with Gasteiger partial charge in [-0.2, -0.15) is 0 Å². The van der Waals surface area contributed by atoms with Crippen LogP contribution in [0.4, 0.5) is 11.5 Å². The van der Waals surface area contributed by atoms with E-state index in [1.54, 1.807) is 13.2 Å². The quantitative estimate of drug-likeness (QED) is 0.740. The van der Waals surface area contributed by atoms with Gasteiger partial charge in [-0.25, -0.2) is 9.97 Å². The van der Waals surface area contributed by atoms with Crippen LogP contribution in [0.5, 0.6) is 5.75 Å². The fourth-order valence-electron chi connectivity index (χ4n) is 2.93. The molecule has 2 aromatic rings. The minimum Gasteiger partial charge on any atom is -0.497 e. The van der Waals surface area contributed by atoms with Crippen LogP contribution in [0.3, 0.4) is 0 Å². The molecule has 0 saturated heterocycles. The SMILES string of the molecule is COc1ccc(Nc2cc(C(=O)NCCC3=CCCCC3)ncn2)cc1. The number of allylic oxidation sites excluding steroid dienone is 1. The molecule has 6 nitrogen and oxygen atoms in total. The number of nitrogens with zero attached hydrogens (tertiary/aromatic N) is 2. The van der Waals surface area contributed by atoms with E-state index in [-0.39, 0.29) is 5.91 Å². The van der Waals surface area contributed by atoms with Gasteiger partial charge in [0, 0.05) is 18.3 Å². The van der Waals surface area contributed by atoms with Crippen molar-refractivity contribution < 1.29 is 9.53 Å². The lowest BCUT2D eigenvalue weighted by Gasteiger charge is -2.13. The molecule has 6 heteroatoms. The summed E-state index contributed by atoms with van der Waals surface area (Å²) in [5, 5.41) is 6.10. The number of nitrogens with one attached hydrogen (secondary N) is 2. The van der Waals surface area contributed by atoms with Gasteiger partial charge in [-0.15, -0.1) is 0 Å². The van der Waals surface area contributed by atoms with Gasteiger partial charge < -0.3 is 15.4 Å². The number of hydrogen-bond acceptors (Lipinski definition) is 5. The number of anilines is 2. The summed E-state index contributed by atoms with van der Waals surface area (Å²) in [7, 11) is 1.63. The molecule has 0 unspecified atom stereocenters. The Labute approximate surface area is 153 Å². The first-order chi connectivity index (χ1) is 12.7. The van der Waals surface area contributed by atoms with E-state index in [1.165, 1.54) is 24.7 Å². The number of carbonyl (C=O) groups excluding carboxylic acids is 1. The first kappa shape index (κ1) is 17.9. The van der Waals surface area contributed by atoms with Gasteiger partial charge in [-0.05, 0) is 56.4 Å². The van der Waals surface area contributed by atoms with Crippen molar-refractivity contribution in [3.8, 4) is 5.75 Å². The van der Waals surface area contributed by atoms with Gasteiger partial charge in [-0.1, -0.05) is 11.6 Å². The van der Waals surface area contributed by atoms with E-state index >= 15 is 0 Å². The fraction of sp³-hybridized carbons (Fsp3) is 0.350. The van der Waals surface area contributed by atoms with Gasteiger partial charge >= 0.3 is 0 Å². The highest BCUT2D eigenvalue weighted by Gasteiger charge is 2.10. The summed E-state index contributed by atoms with van der Waals surface area (Å²) >= 11 is 0. The molecule has 136 valence electrons. The Balaban J connectivity index is 1.55. The maximum atomic E-state index is 12.3. The van der Waals surface area contributed by atoms with Crippen LogP contribution in [0, 0.1) is 0 Å². The number of aromatic nitrogens is 2. The second-order valence-electron chi connectivity index (χ2n) is 6.26. The van der Waals surface area contributed by atoms with Crippen LogP contribution in [-0.4, -0.2) is 29.5 Å². The van der Waals surface area contributed by atoms with Gasteiger partial charge in [0.25, 0.3) is 5.91 Å². The van der Waals surface area contributed by atoms with Gasteiger partial charge in [-0.3, -0.25) is 4.79 Å². The third-order valence-corrected chi connectivity index (χ3v) is 4.38. The Hall–Kier alpha value is -2.89. The molecular formula is C20H24N4O2. The van der Waals surface area contributed by atoms with Crippen molar-refractivity contribution in [1.82, 2.24) is 15.3 Å². The third kappa shape index (κ3) is 5.05.